The number of fused-ring (bicyclic) bond motifs is 1. The fourth-order valence-corrected chi connectivity index (χ4v) is 4.53. The van der Waals surface area contributed by atoms with E-state index in [2.05, 4.69) is 32.7 Å². The van der Waals surface area contributed by atoms with Crippen molar-refractivity contribution in [2.45, 2.75) is 47.1 Å². The number of methoxy groups -OCH3 is 1. The van der Waals surface area contributed by atoms with Crippen LogP contribution in [0, 0.1) is 18.8 Å². The van der Waals surface area contributed by atoms with Crippen molar-refractivity contribution in [3.63, 3.8) is 0 Å². The Morgan fingerprint density at radius 2 is 1.85 bits per heavy atom. The summed E-state index contributed by atoms with van der Waals surface area (Å²) >= 11 is 6.35. The fourth-order valence-electron chi connectivity index (χ4n) is 4.34. The Bertz CT molecular complexity index is 897. The molecular weight excluding hydrogens is 362 g/mol. The lowest BCUT2D eigenvalue weighted by atomic mass is 9.93. The molecule has 1 aromatic carbocycles. The highest BCUT2D eigenvalue weighted by molar-refractivity contribution is 6.29. The van der Waals surface area contributed by atoms with Gasteiger partial charge in [-0.15, -0.1) is 0 Å². The van der Waals surface area contributed by atoms with Crippen LogP contribution in [0.2, 0.25) is 5.15 Å². The molecule has 2 heterocycles. The molecule has 146 valence electrons. The summed E-state index contributed by atoms with van der Waals surface area (Å²) in [6, 6.07) is 4.10. The molecule has 0 spiro atoms. The van der Waals surface area contributed by atoms with Crippen molar-refractivity contribution in [3.8, 4) is 5.75 Å². The number of halogens is 1. The molecule has 5 nitrogen and oxygen atoms in total. The van der Waals surface area contributed by atoms with E-state index >= 15 is 0 Å². The molecule has 0 bridgehead atoms. The zero-order valence-electron chi connectivity index (χ0n) is 16.9. The van der Waals surface area contributed by atoms with E-state index in [0.717, 1.165) is 23.4 Å². The number of hydrogen-bond acceptors (Lipinski definition) is 4. The van der Waals surface area contributed by atoms with Gasteiger partial charge in [0.15, 0.2) is 0 Å². The third-order valence-electron chi connectivity index (χ3n) is 5.29. The number of anilines is 2. The van der Waals surface area contributed by atoms with Gasteiger partial charge < -0.3 is 14.2 Å². The minimum absolute atomic E-state index is 0.0655. The van der Waals surface area contributed by atoms with Crippen molar-refractivity contribution in [1.29, 1.82) is 0 Å². The first-order valence-electron chi connectivity index (χ1n) is 9.48. The number of benzene rings is 1. The highest BCUT2D eigenvalue weighted by atomic mass is 35.5. The summed E-state index contributed by atoms with van der Waals surface area (Å²) in [5.41, 5.74) is 3.19. The quantitative estimate of drug-likeness (QED) is 0.739. The van der Waals surface area contributed by atoms with Crippen molar-refractivity contribution in [1.82, 2.24) is 9.55 Å². The lowest BCUT2D eigenvalue weighted by Gasteiger charge is -2.29. The van der Waals surface area contributed by atoms with Crippen LogP contribution in [0.4, 0.5) is 11.5 Å². The van der Waals surface area contributed by atoms with Gasteiger partial charge in [0.2, 0.25) is 5.82 Å². The molecule has 1 aliphatic heterocycles. The molecule has 1 aliphatic rings. The van der Waals surface area contributed by atoms with Crippen LogP contribution in [0.25, 0.3) is 0 Å². The number of aromatic nitrogens is 2. The van der Waals surface area contributed by atoms with E-state index in [0.29, 0.717) is 29.4 Å². The van der Waals surface area contributed by atoms with E-state index in [-0.39, 0.29) is 11.6 Å². The third kappa shape index (κ3) is 3.57. The van der Waals surface area contributed by atoms with Crippen molar-refractivity contribution >= 4 is 23.1 Å². The number of rotatable bonds is 5. The third-order valence-corrected chi connectivity index (χ3v) is 5.47. The Labute approximate surface area is 165 Å². The number of hydrogen-bond donors (Lipinski definition) is 0. The highest BCUT2D eigenvalue weighted by Gasteiger charge is 2.29. The second kappa shape index (κ2) is 7.55. The predicted molar refractivity (Wildman–Crippen MR) is 111 cm³/mol. The maximum Gasteiger partial charge on any atom is 0.294 e. The predicted octanol–water partition coefficient (Wildman–Crippen LogP) is 4.76. The van der Waals surface area contributed by atoms with E-state index in [9.17, 15) is 4.79 Å². The topological polar surface area (TPSA) is 47.4 Å². The summed E-state index contributed by atoms with van der Waals surface area (Å²) in [4.78, 5) is 19.8. The lowest BCUT2D eigenvalue weighted by Crippen LogP contribution is -2.35. The molecular formula is C21H28ClN3O2. The van der Waals surface area contributed by atoms with Crippen molar-refractivity contribution in [2.75, 3.05) is 18.6 Å². The fraction of sp³-hybridized carbons (Fsp3) is 0.524. The molecule has 0 saturated heterocycles. The first kappa shape index (κ1) is 19.7. The largest absolute Gasteiger partial charge is 0.497 e. The van der Waals surface area contributed by atoms with Crippen LogP contribution in [0.3, 0.4) is 0 Å². The molecule has 2 aromatic rings. The zero-order chi connectivity index (χ0) is 19.9. The number of ether oxygens (including phenoxy) is 1. The summed E-state index contributed by atoms with van der Waals surface area (Å²) in [5, 5.41) is 0.343. The molecule has 0 unspecified atom stereocenters. The van der Waals surface area contributed by atoms with Crippen LogP contribution in [0.1, 0.15) is 44.9 Å². The van der Waals surface area contributed by atoms with Crippen molar-refractivity contribution in [2.24, 2.45) is 11.8 Å². The molecule has 0 fully saturated rings. The molecule has 1 aromatic heterocycles. The average Bonchev–Trinajstić information content (AvgIpc) is 3.01. The van der Waals surface area contributed by atoms with Gasteiger partial charge in [0.25, 0.3) is 5.56 Å². The Balaban J connectivity index is 2.15. The number of aryl methyl sites for hydroxylation is 1. The Morgan fingerprint density at radius 3 is 2.44 bits per heavy atom. The second-order valence-corrected chi connectivity index (χ2v) is 8.32. The van der Waals surface area contributed by atoms with Gasteiger partial charge in [-0.2, -0.15) is 0 Å². The maximum atomic E-state index is 13.4. The molecule has 0 amide bonds. The first-order chi connectivity index (χ1) is 12.7. The first-order valence-corrected chi connectivity index (χ1v) is 9.86. The molecule has 3 rings (SSSR count). The highest BCUT2D eigenvalue weighted by Crippen LogP contribution is 2.38. The van der Waals surface area contributed by atoms with E-state index in [1.165, 1.54) is 5.56 Å². The molecule has 0 N–H and O–H groups in total. The Kier molecular flexibility index (Phi) is 5.52. The summed E-state index contributed by atoms with van der Waals surface area (Å²) in [6.45, 7) is 11.3. The molecule has 0 aliphatic carbocycles. The van der Waals surface area contributed by atoms with Gasteiger partial charge in [0.05, 0.1) is 7.11 Å². The van der Waals surface area contributed by atoms with Crippen LogP contribution >= 0.6 is 11.6 Å². The molecule has 6 heteroatoms. The number of nitrogens with zero attached hydrogens (tertiary/aromatic N) is 3. The minimum atomic E-state index is -0.0881. The van der Waals surface area contributed by atoms with Gasteiger partial charge in [-0.05, 0) is 48.4 Å². The van der Waals surface area contributed by atoms with Crippen LogP contribution in [-0.2, 0) is 6.42 Å². The minimum Gasteiger partial charge on any atom is -0.497 e. The maximum absolute atomic E-state index is 13.4. The van der Waals surface area contributed by atoms with Crippen molar-refractivity contribution < 1.29 is 4.74 Å². The SMILES string of the molecule is COc1cc(C)c2c(c1)CCN2c1nc(Cl)cn(C(C(C)C)C(C)C)c1=O. The van der Waals surface area contributed by atoms with Crippen LogP contribution in [0.5, 0.6) is 5.75 Å². The average molecular weight is 390 g/mol. The summed E-state index contributed by atoms with van der Waals surface area (Å²) in [6.07, 6.45) is 2.52. The molecule has 0 atom stereocenters. The second-order valence-electron chi connectivity index (χ2n) is 7.93. The molecule has 27 heavy (non-hydrogen) atoms. The standard InChI is InChI=1S/C21H28ClN3O2/c1-12(2)18(13(3)4)25-11-17(22)23-20(21(25)26)24-8-7-15-10-16(27-6)9-14(5)19(15)24/h9-13,18H,7-8H2,1-6H3. The Hall–Kier alpha value is -2.01. The van der Waals surface area contributed by atoms with Crippen molar-refractivity contribution in [3.05, 3.63) is 45.0 Å². The van der Waals surface area contributed by atoms with E-state index < -0.39 is 0 Å². The summed E-state index contributed by atoms with van der Waals surface area (Å²) < 4.78 is 7.16. The van der Waals surface area contributed by atoms with Gasteiger partial charge in [-0.1, -0.05) is 39.3 Å². The normalized spacial score (nSPS) is 13.8. The van der Waals surface area contributed by atoms with Crippen LogP contribution in [-0.4, -0.2) is 23.2 Å². The van der Waals surface area contributed by atoms with Crippen LogP contribution < -0.4 is 15.2 Å². The van der Waals surface area contributed by atoms with Gasteiger partial charge >= 0.3 is 0 Å². The van der Waals surface area contributed by atoms with Gasteiger partial charge in [-0.25, -0.2) is 4.98 Å². The van der Waals surface area contributed by atoms with Crippen LogP contribution in [0.15, 0.2) is 23.1 Å². The van der Waals surface area contributed by atoms with E-state index in [1.807, 2.05) is 24.0 Å². The van der Waals surface area contributed by atoms with E-state index in [1.54, 1.807) is 17.9 Å². The van der Waals surface area contributed by atoms with E-state index in [4.69, 9.17) is 16.3 Å². The smallest absolute Gasteiger partial charge is 0.294 e. The molecule has 0 radical (unpaired) electrons. The summed E-state index contributed by atoms with van der Waals surface area (Å²) in [5.74, 6) is 1.86. The zero-order valence-corrected chi connectivity index (χ0v) is 17.7. The lowest BCUT2D eigenvalue weighted by molar-refractivity contribution is 0.280. The summed E-state index contributed by atoms with van der Waals surface area (Å²) in [7, 11) is 1.67. The van der Waals surface area contributed by atoms with Gasteiger partial charge in [0, 0.05) is 24.5 Å². The van der Waals surface area contributed by atoms with Gasteiger partial charge in [-0.3, -0.25) is 4.79 Å². The Morgan fingerprint density at radius 1 is 1.19 bits per heavy atom. The monoisotopic (exact) mass is 389 g/mol. The van der Waals surface area contributed by atoms with Gasteiger partial charge in [0.1, 0.15) is 10.9 Å². The molecule has 0 saturated carbocycles.